The van der Waals surface area contributed by atoms with Crippen LogP contribution in [0.5, 0.6) is 0 Å². The number of nitrogens with zero attached hydrogens (tertiary/aromatic N) is 5. The minimum Gasteiger partial charge on any atom is -0.356 e. The molecule has 1 saturated heterocycles. The average Bonchev–Trinajstić information content (AvgIpc) is 3.19. The van der Waals surface area contributed by atoms with Gasteiger partial charge in [-0.15, -0.1) is 0 Å². The van der Waals surface area contributed by atoms with Crippen molar-refractivity contribution < 1.29 is 8.42 Å². The molecule has 166 valence electrons. The molecule has 0 radical (unpaired) electrons. The monoisotopic (exact) mass is 442 g/mol. The summed E-state index contributed by atoms with van der Waals surface area (Å²) in [5.74, 6) is 2.06. The number of aromatic nitrogens is 3. The molecule has 4 rings (SSSR count). The molecular weight excluding hydrogens is 412 g/mol. The van der Waals surface area contributed by atoms with Crippen molar-refractivity contribution in [3.05, 3.63) is 42.1 Å². The molecule has 8 nitrogen and oxygen atoms in total. The summed E-state index contributed by atoms with van der Waals surface area (Å²) >= 11 is 0. The highest BCUT2D eigenvalue weighted by atomic mass is 32.2. The second-order valence-corrected chi connectivity index (χ2v) is 10.6. The van der Waals surface area contributed by atoms with Gasteiger partial charge in [0.05, 0.1) is 11.1 Å². The zero-order valence-electron chi connectivity index (χ0n) is 18.5. The third-order valence-corrected chi connectivity index (χ3v) is 7.52. The third-order valence-electron chi connectivity index (χ3n) is 5.69. The number of fused-ring (bicyclic) bond motifs is 1. The molecule has 1 fully saturated rings. The van der Waals surface area contributed by atoms with Gasteiger partial charge in [-0.3, -0.25) is 0 Å². The minimum absolute atomic E-state index is 0.262. The summed E-state index contributed by atoms with van der Waals surface area (Å²) < 4.78 is 27.7. The van der Waals surface area contributed by atoms with Gasteiger partial charge in [0.2, 0.25) is 10.0 Å². The van der Waals surface area contributed by atoms with Crippen molar-refractivity contribution in [2.75, 3.05) is 37.4 Å². The summed E-state index contributed by atoms with van der Waals surface area (Å²) in [7, 11) is -0.399. The fourth-order valence-corrected chi connectivity index (χ4v) is 4.72. The number of rotatable bonds is 6. The summed E-state index contributed by atoms with van der Waals surface area (Å²) in [4.78, 5) is 7.54. The van der Waals surface area contributed by atoms with Crippen LogP contribution in [0.2, 0.25) is 0 Å². The van der Waals surface area contributed by atoms with E-state index in [1.54, 1.807) is 24.3 Å². The van der Waals surface area contributed by atoms with Gasteiger partial charge in [-0.25, -0.2) is 17.7 Å². The first-order valence-electron chi connectivity index (χ1n) is 10.7. The van der Waals surface area contributed by atoms with Gasteiger partial charge in [-0.05, 0) is 49.4 Å². The van der Waals surface area contributed by atoms with Crippen LogP contribution in [0.4, 0.5) is 17.3 Å². The van der Waals surface area contributed by atoms with Crippen molar-refractivity contribution in [3.8, 4) is 0 Å². The van der Waals surface area contributed by atoms with Gasteiger partial charge >= 0.3 is 0 Å². The van der Waals surface area contributed by atoms with Gasteiger partial charge < -0.3 is 10.2 Å². The van der Waals surface area contributed by atoms with Crippen molar-refractivity contribution in [3.63, 3.8) is 0 Å². The molecule has 9 heteroatoms. The fraction of sp³-hybridized carbons (Fsp3) is 0.455. The van der Waals surface area contributed by atoms with Crippen LogP contribution in [-0.2, 0) is 10.0 Å². The van der Waals surface area contributed by atoms with Crippen LogP contribution in [0, 0.1) is 0 Å². The molecule has 0 aliphatic carbocycles. The molecule has 0 unspecified atom stereocenters. The summed E-state index contributed by atoms with van der Waals surface area (Å²) in [6.45, 7) is 6.29. The first-order valence-corrected chi connectivity index (χ1v) is 12.1. The Kier molecular flexibility index (Phi) is 5.90. The first kappa shape index (κ1) is 21.6. The quantitative estimate of drug-likeness (QED) is 0.625. The number of hydrogen-bond donors (Lipinski definition) is 1. The highest BCUT2D eigenvalue weighted by molar-refractivity contribution is 7.89. The van der Waals surface area contributed by atoms with E-state index in [0.717, 1.165) is 41.6 Å². The van der Waals surface area contributed by atoms with E-state index in [-0.39, 0.29) is 4.90 Å². The van der Waals surface area contributed by atoms with Gasteiger partial charge in [0, 0.05) is 44.5 Å². The molecule has 1 aliphatic heterocycles. The normalized spacial score (nSPS) is 15.2. The Morgan fingerprint density at radius 1 is 1.06 bits per heavy atom. The summed E-state index contributed by atoms with van der Waals surface area (Å²) in [6, 6.07) is 8.81. The van der Waals surface area contributed by atoms with E-state index >= 15 is 0 Å². The molecule has 1 N–H and O–H groups in total. The Morgan fingerprint density at radius 3 is 2.35 bits per heavy atom. The Hall–Kier alpha value is -2.65. The Labute approximate surface area is 183 Å². The molecule has 1 aromatic carbocycles. The van der Waals surface area contributed by atoms with E-state index in [1.165, 1.54) is 37.7 Å². The van der Waals surface area contributed by atoms with Gasteiger partial charge in [0.1, 0.15) is 11.6 Å². The number of anilines is 3. The fourth-order valence-electron chi connectivity index (χ4n) is 3.82. The molecule has 0 amide bonds. The molecule has 3 heterocycles. The van der Waals surface area contributed by atoms with Crippen molar-refractivity contribution in [2.24, 2.45) is 0 Å². The highest BCUT2D eigenvalue weighted by Gasteiger charge is 2.20. The lowest BCUT2D eigenvalue weighted by Gasteiger charge is -2.28. The number of piperidine rings is 1. The van der Waals surface area contributed by atoms with Crippen LogP contribution in [0.25, 0.3) is 5.65 Å². The molecule has 0 atom stereocenters. The first-order chi connectivity index (χ1) is 14.8. The van der Waals surface area contributed by atoms with Crippen LogP contribution >= 0.6 is 0 Å². The smallest absolute Gasteiger partial charge is 0.242 e. The van der Waals surface area contributed by atoms with Crippen LogP contribution < -0.4 is 10.2 Å². The molecule has 0 spiro atoms. The van der Waals surface area contributed by atoms with Gasteiger partial charge in [-0.2, -0.15) is 9.61 Å². The second-order valence-electron chi connectivity index (χ2n) is 8.47. The number of sulfonamides is 1. The van der Waals surface area contributed by atoms with Gasteiger partial charge in [-0.1, -0.05) is 13.8 Å². The maximum absolute atomic E-state index is 12.3. The van der Waals surface area contributed by atoms with Crippen molar-refractivity contribution in [1.29, 1.82) is 0 Å². The number of hydrogen-bond acceptors (Lipinski definition) is 6. The van der Waals surface area contributed by atoms with E-state index in [4.69, 9.17) is 4.98 Å². The predicted molar refractivity (Wildman–Crippen MR) is 124 cm³/mol. The molecular formula is C22H30N6O2S. The molecule has 1 aliphatic rings. The maximum Gasteiger partial charge on any atom is 0.242 e. The van der Waals surface area contributed by atoms with Crippen LogP contribution in [0.15, 0.2) is 41.4 Å². The highest BCUT2D eigenvalue weighted by Crippen LogP contribution is 2.29. The minimum atomic E-state index is -3.46. The lowest BCUT2D eigenvalue weighted by Crippen LogP contribution is -2.30. The summed E-state index contributed by atoms with van der Waals surface area (Å²) in [5, 5.41) is 7.98. The number of benzene rings is 1. The Morgan fingerprint density at radius 2 is 1.74 bits per heavy atom. The van der Waals surface area contributed by atoms with Crippen molar-refractivity contribution in [2.45, 2.75) is 43.9 Å². The van der Waals surface area contributed by atoms with Crippen LogP contribution in [-0.4, -0.2) is 54.5 Å². The van der Waals surface area contributed by atoms with E-state index in [9.17, 15) is 8.42 Å². The molecule has 3 aromatic rings. The van der Waals surface area contributed by atoms with Crippen molar-refractivity contribution in [1.82, 2.24) is 18.9 Å². The van der Waals surface area contributed by atoms with Gasteiger partial charge in [0.15, 0.2) is 5.65 Å². The van der Waals surface area contributed by atoms with E-state index < -0.39 is 10.0 Å². The van der Waals surface area contributed by atoms with Crippen LogP contribution in [0.3, 0.4) is 0 Å². The second kappa shape index (κ2) is 8.47. The summed E-state index contributed by atoms with van der Waals surface area (Å²) in [6.07, 6.45) is 5.49. The maximum atomic E-state index is 12.3. The standard InChI is InChI=1S/C22H30N6O2S/c1-16(2)19-15-23-28-21(14-20(25-22(19)28)27-12-6-5-7-13-27)24-17-8-10-18(11-9-17)31(29,30)26(3)4/h8-11,14-16,24H,5-7,12-13H2,1-4H3. The molecule has 0 saturated carbocycles. The Balaban J connectivity index is 1.72. The summed E-state index contributed by atoms with van der Waals surface area (Å²) in [5.41, 5.74) is 2.75. The Bertz CT molecular complexity index is 1160. The third kappa shape index (κ3) is 4.24. The van der Waals surface area contributed by atoms with E-state index in [1.807, 2.05) is 16.8 Å². The average molecular weight is 443 g/mol. The SMILES string of the molecule is CC(C)c1cnn2c(Nc3ccc(S(=O)(=O)N(C)C)cc3)cc(N3CCCCC3)nc12. The predicted octanol–water partition coefficient (Wildman–Crippen LogP) is 3.84. The lowest BCUT2D eigenvalue weighted by atomic mass is 10.1. The lowest BCUT2D eigenvalue weighted by molar-refractivity contribution is 0.521. The topological polar surface area (TPSA) is 82.8 Å². The zero-order valence-corrected chi connectivity index (χ0v) is 19.4. The van der Waals surface area contributed by atoms with Crippen LogP contribution in [0.1, 0.15) is 44.6 Å². The van der Waals surface area contributed by atoms with E-state index in [2.05, 4.69) is 29.2 Å². The largest absolute Gasteiger partial charge is 0.356 e. The van der Waals surface area contributed by atoms with Crippen molar-refractivity contribution >= 4 is 33.0 Å². The molecule has 2 aromatic heterocycles. The zero-order chi connectivity index (χ0) is 22.2. The number of nitrogens with one attached hydrogen (secondary N) is 1. The molecule has 31 heavy (non-hydrogen) atoms. The molecule has 0 bridgehead atoms. The van der Waals surface area contributed by atoms with Gasteiger partial charge in [0.25, 0.3) is 0 Å². The van der Waals surface area contributed by atoms with E-state index in [0.29, 0.717) is 5.92 Å².